The zero-order valence-electron chi connectivity index (χ0n) is 13.6. The number of rotatable bonds is 6. The normalized spacial score (nSPS) is 17.8. The predicted molar refractivity (Wildman–Crippen MR) is 91.8 cm³/mol. The summed E-state index contributed by atoms with van der Waals surface area (Å²) in [6.07, 6.45) is 0.354. The van der Waals surface area contributed by atoms with E-state index in [1.807, 2.05) is 0 Å². The van der Waals surface area contributed by atoms with Gasteiger partial charge in [0.05, 0.1) is 5.69 Å². The van der Waals surface area contributed by atoms with E-state index in [1.165, 1.54) is 0 Å². The van der Waals surface area contributed by atoms with Gasteiger partial charge in [0, 0.05) is 23.5 Å². The van der Waals surface area contributed by atoms with E-state index in [1.54, 1.807) is 38.1 Å². The summed E-state index contributed by atoms with van der Waals surface area (Å²) in [6, 6.07) is 5.18. The molecule has 7 nitrogen and oxygen atoms in total. The molecule has 1 heterocycles. The number of anilines is 1. The quantitative estimate of drug-likeness (QED) is 0.673. The number of nitrogens with one attached hydrogen (secondary N) is 2. The summed E-state index contributed by atoms with van der Waals surface area (Å²) < 4.78 is 0. The molecule has 1 aliphatic rings. The van der Waals surface area contributed by atoms with Crippen molar-refractivity contribution < 1.29 is 14.4 Å². The first-order valence-electron chi connectivity index (χ1n) is 7.63. The van der Waals surface area contributed by atoms with Crippen molar-refractivity contribution in [3.8, 4) is 0 Å². The van der Waals surface area contributed by atoms with Crippen LogP contribution in [0.25, 0.3) is 0 Å². The molecule has 0 radical (unpaired) electrons. The molecule has 24 heavy (non-hydrogen) atoms. The molecule has 0 aromatic heterocycles. The smallest absolute Gasteiger partial charge is 0.329 e. The summed E-state index contributed by atoms with van der Waals surface area (Å²) >= 11 is 5.81. The highest BCUT2D eigenvalue weighted by Gasteiger charge is 2.38. The van der Waals surface area contributed by atoms with Gasteiger partial charge < -0.3 is 16.4 Å². The van der Waals surface area contributed by atoms with E-state index in [0.717, 1.165) is 4.90 Å². The van der Waals surface area contributed by atoms with Gasteiger partial charge in [-0.15, -0.1) is 0 Å². The number of carbonyl (C=O) groups excluding carboxylic acids is 3. The van der Waals surface area contributed by atoms with Gasteiger partial charge in [-0.2, -0.15) is 0 Å². The number of carbonyl (C=O) groups is 3. The number of benzene rings is 1. The maximum atomic E-state index is 12.4. The van der Waals surface area contributed by atoms with Crippen molar-refractivity contribution >= 4 is 35.1 Å². The van der Waals surface area contributed by atoms with Crippen molar-refractivity contribution in [2.24, 2.45) is 5.73 Å². The van der Waals surface area contributed by atoms with Crippen molar-refractivity contribution in [1.82, 2.24) is 10.6 Å². The van der Waals surface area contributed by atoms with Gasteiger partial charge in [-0.3, -0.25) is 9.59 Å². The molecule has 4 amide bonds. The first kappa shape index (κ1) is 18.2. The summed E-state index contributed by atoms with van der Waals surface area (Å²) in [5.41, 5.74) is 5.74. The van der Waals surface area contributed by atoms with Crippen LogP contribution in [0.2, 0.25) is 5.02 Å². The Balaban J connectivity index is 1.92. The van der Waals surface area contributed by atoms with E-state index in [-0.39, 0.29) is 24.7 Å². The van der Waals surface area contributed by atoms with Crippen molar-refractivity contribution in [3.63, 3.8) is 0 Å². The standard InChI is InChI=1S/C16H21ClN4O3/c1-16(2,18)9-19-13(22)8-7-12-14(23)21(15(24)20-12)11-5-3-10(17)4-6-11/h3-6,12H,7-9,18H2,1-2H3,(H,19,22)(H,20,24). The molecule has 0 saturated carbocycles. The minimum Gasteiger partial charge on any atom is -0.354 e. The minimum absolute atomic E-state index is 0.126. The fourth-order valence-electron chi connectivity index (χ4n) is 2.25. The van der Waals surface area contributed by atoms with Crippen molar-refractivity contribution in [1.29, 1.82) is 0 Å². The van der Waals surface area contributed by atoms with E-state index >= 15 is 0 Å². The lowest BCUT2D eigenvalue weighted by Gasteiger charge is -2.19. The minimum atomic E-state index is -0.718. The topological polar surface area (TPSA) is 105 Å². The number of urea groups is 1. The number of nitrogens with zero attached hydrogens (tertiary/aromatic N) is 1. The largest absolute Gasteiger partial charge is 0.354 e. The number of hydrogen-bond donors (Lipinski definition) is 3. The summed E-state index contributed by atoms with van der Waals surface area (Å²) in [7, 11) is 0. The van der Waals surface area contributed by atoms with Crippen LogP contribution in [0, 0.1) is 0 Å². The molecule has 0 aliphatic carbocycles. The summed E-state index contributed by atoms with van der Waals surface area (Å²) in [5.74, 6) is -0.588. The molecule has 4 N–H and O–H groups in total. The molecule has 0 spiro atoms. The molecular formula is C16H21ClN4O3. The average molecular weight is 353 g/mol. The van der Waals surface area contributed by atoms with Crippen LogP contribution in [0.5, 0.6) is 0 Å². The molecule has 1 aromatic rings. The molecule has 0 bridgehead atoms. The Bertz CT molecular complexity index is 640. The molecule has 130 valence electrons. The second kappa shape index (κ2) is 7.19. The van der Waals surface area contributed by atoms with Gasteiger partial charge in [-0.05, 0) is 44.5 Å². The maximum absolute atomic E-state index is 12.4. The lowest BCUT2D eigenvalue weighted by molar-refractivity contribution is -0.122. The highest BCUT2D eigenvalue weighted by atomic mass is 35.5. The van der Waals surface area contributed by atoms with Crippen molar-refractivity contribution in [3.05, 3.63) is 29.3 Å². The third-order valence-corrected chi connectivity index (χ3v) is 3.76. The van der Waals surface area contributed by atoms with Crippen LogP contribution in [0.4, 0.5) is 10.5 Å². The Labute approximate surface area is 145 Å². The third-order valence-electron chi connectivity index (χ3n) is 3.51. The first-order valence-corrected chi connectivity index (χ1v) is 8.01. The van der Waals surface area contributed by atoms with Crippen molar-refractivity contribution in [2.75, 3.05) is 11.4 Å². The Morgan fingerprint density at radius 3 is 2.54 bits per heavy atom. The molecule has 1 aliphatic heterocycles. The van der Waals surface area contributed by atoms with E-state index in [4.69, 9.17) is 17.3 Å². The molecule has 1 saturated heterocycles. The zero-order chi connectivity index (χ0) is 17.9. The summed E-state index contributed by atoms with van der Waals surface area (Å²) in [6.45, 7) is 3.95. The summed E-state index contributed by atoms with van der Waals surface area (Å²) in [5, 5.41) is 5.82. The number of nitrogens with two attached hydrogens (primary N) is 1. The van der Waals surface area contributed by atoms with Gasteiger partial charge in [0.25, 0.3) is 5.91 Å². The van der Waals surface area contributed by atoms with E-state index in [0.29, 0.717) is 17.3 Å². The van der Waals surface area contributed by atoms with Gasteiger partial charge >= 0.3 is 6.03 Å². The molecule has 2 rings (SSSR count). The molecule has 1 atom stereocenters. The predicted octanol–water partition coefficient (Wildman–Crippen LogP) is 1.40. The SMILES string of the molecule is CC(C)(N)CNC(=O)CCC1NC(=O)N(c2ccc(Cl)cc2)C1=O. The molecule has 1 unspecified atom stereocenters. The lowest BCUT2D eigenvalue weighted by Crippen LogP contribution is -2.45. The van der Waals surface area contributed by atoms with Crippen LogP contribution in [0.3, 0.4) is 0 Å². The highest BCUT2D eigenvalue weighted by molar-refractivity contribution is 6.30. The molecule has 8 heteroatoms. The van der Waals surface area contributed by atoms with Gasteiger partial charge in [0.15, 0.2) is 0 Å². The van der Waals surface area contributed by atoms with Crippen LogP contribution in [0.15, 0.2) is 24.3 Å². The van der Waals surface area contributed by atoms with Gasteiger partial charge in [-0.25, -0.2) is 9.69 Å². The maximum Gasteiger partial charge on any atom is 0.329 e. The van der Waals surface area contributed by atoms with Gasteiger partial charge in [0.2, 0.25) is 5.91 Å². The number of amides is 4. The van der Waals surface area contributed by atoms with Crippen LogP contribution < -0.4 is 21.3 Å². The lowest BCUT2D eigenvalue weighted by atomic mass is 10.1. The molecular weight excluding hydrogens is 332 g/mol. The Morgan fingerprint density at radius 2 is 1.96 bits per heavy atom. The van der Waals surface area contributed by atoms with E-state index in [2.05, 4.69) is 10.6 Å². The monoisotopic (exact) mass is 352 g/mol. The Morgan fingerprint density at radius 1 is 1.33 bits per heavy atom. The zero-order valence-corrected chi connectivity index (χ0v) is 14.4. The van der Waals surface area contributed by atoms with E-state index < -0.39 is 17.6 Å². The summed E-state index contributed by atoms with van der Waals surface area (Å²) in [4.78, 5) is 37.3. The Hall–Kier alpha value is -2.12. The molecule has 1 fully saturated rings. The molecule has 1 aromatic carbocycles. The number of hydrogen-bond acceptors (Lipinski definition) is 4. The second-order valence-corrected chi connectivity index (χ2v) is 6.89. The first-order chi connectivity index (χ1) is 11.2. The number of imide groups is 1. The fourth-order valence-corrected chi connectivity index (χ4v) is 2.38. The van der Waals surface area contributed by atoms with Gasteiger partial charge in [-0.1, -0.05) is 11.6 Å². The highest BCUT2D eigenvalue weighted by Crippen LogP contribution is 2.23. The fraction of sp³-hybridized carbons (Fsp3) is 0.438. The average Bonchev–Trinajstić information content (AvgIpc) is 2.78. The Kier molecular flexibility index (Phi) is 5.46. The van der Waals surface area contributed by atoms with Gasteiger partial charge in [0.1, 0.15) is 6.04 Å². The number of halogens is 1. The van der Waals surface area contributed by atoms with E-state index in [9.17, 15) is 14.4 Å². The van der Waals surface area contributed by atoms with Crippen molar-refractivity contribution in [2.45, 2.75) is 38.3 Å². The van der Waals surface area contributed by atoms with Crippen LogP contribution in [-0.4, -0.2) is 36.0 Å². The van der Waals surface area contributed by atoms with Crippen LogP contribution >= 0.6 is 11.6 Å². The van der Waals surface area contributed by atoms with Crippen LogP contribution in [0.1, 0.15) is 26.7 Å². The third kappa shape index (κ3) is 4.69. The van der Waals surface area contributed by atoms with Crippen LogP contribution in [-0.2, 0) is 9.59 Å². The second-order valence-electron chi connectivity index (χ2n) is 6.46.